The molecule has 0 aromatic heterocycles. The van der Waals surface area contributed by atoms with Gasteiger partial charge < -0.3 is 5.32 Å². The summed E-state index contributed by atoms with van der Waals surface area (Å²) < 4.78 is 50.4. The molecule has 1 rings (SSSR count). The summed E-state index contributed by atoms with van der Waals surface area (Å²) in [5.41, 5.74) is 0.377. The lowest BCUT2D eigenvalue weighted by Crippen LogP contribution is -2.19. The third-order valence-corrected chi connectivity index (χ3v) is 3.34. The monoisotopic (exact) mass is 327 g/mol. The zero-order valence-corrected chi connectivity index (χ0v) is 11.4. The maximum atomic E-state index is 13.7. The molecule has 1 aromatic rings. The Kier molecular flexibility index (Phi) is 5.59. The minimum Gasteiger partial charge on any atom is -0.313 e. The third kappa shape index (κ3) is 4.57. The first-order chi connectivity index (χ1) is 8.35. The van der Waals surface area contributed by atoms with E-state index in [-0.39, 0.29) is 12.8 Å². The van der Waals surface area contributed by atoms with Crippen molar-refractivity contribution in [2.24, 2.45) is 0 Å². The van der Waals surface area contributed by atoms with E-state index in [2.05, 4.69) is 21.2 Å². The van der Waals surface area contributed by atoms with Gasteiger partial charge in [-0.1, -0.05) is 22.0 Å². The Labute approximate surface area is 112 Å². The molecule has 0 heterocycles. The lowest BCUT2D eigenvalue weighted by atomic mass is 10.0. The van der Waals surface area contributed by atoms with Crippen LogP contribution in [0.3, 0.4) is 0 Å². The molecule has 0 aliphatic rings. The highest BCUT2D eigenvalue weighted by molar-refractivity contribution is 9.10. The smallest absolute Gasteiger partial charge is 0.313 e. The summed E-state index contributed by atoms with van der Waals surface area (Å²) in [5, 5.41) is 2.85. The van der Waals surface area contributed by atoms with Crippen molar-refractivity contribution in [3.8, 4) is 0 Å². The molecule has 0 saturated carbocycles. The van der Waals surface area contributed by atoms with E-state index < -0.39 is 24.5 Å². The van der Waals surface area contributed by atoms with Crippen molar-refractivity contribution in [3.05, 3.63) is 34.1 Å². The van der Waals surface area contributed by atoms with Crippen molar-refractivity contribution in [3.63, 3.8) is 0 Å². The molecule has 102 valence electrons. The molecule has 0 amide bonds. The highest BCUT2D eigenvalue weighted by Crippen LogP contribution is 2.31. The van der Waals surface area contributed by atoms with Crippen LogP contribution in [-0.4, -0.2) is 13.2 Å². The van der Waals surface area contributed by atoms with Crippen molar-refractivity contribution in [1.82, 2.24) is 5.32 Å². The van der Waals surface area contributed by atoms with Gasteiger partial charge in [-0.3, -0.25) is 0 Å². The zero-order chi connectivity index (χ0) is 13.8. The van der Waals surface area contributed by atoms with Gasteiger partial charge in [-0.15, -0.1) is 0 Å². The van der Waals surface area contributed by atoms with Crippen LogP contribution < -0.4 is 5.32 Å². The van der Waals surface area contributed by atoms with Gasteiger partial charge in [0.2, 0.25) is 0 Å². The lowest BCUT2D eigenvalue weighted by molar-refractivity contribution is -0.135. The molecular weight excluding hydrogens is 314 g/mol. The van der Waals surface area contributed by atoms with E-state index in [1.807, 2.05) is 0 Å². The van der Waals surface area contributed by atoms with Crippen molar-refractivity contribution in [2.75, 3.05) is 7.05 Å². The summed E-state index contributed by atoms with van der Waals surface area (Å²) in [6, 6.07) is 4.09. The number of rotatable bonds is 5. The number of nitrogens with one attached hydrogen (secondary N) is 1. The molecule has 1 unspecified atom stereocenters. The highest BCUT2D eigenvalue weighted by atomic mass is 79.9. The van der Waals surface area contributed by atoms with Gasteiger partial charge in [-0.05, 0) is 32.0 Å². The van der Waals surface area contributed by atoms with Crippen molar-refractivity contribution >= 4 is 15.9 Å². The van der Waals surface area contributed by atoms with E-state index >= 15 is 0 Å². The summed E-state index contributed by atoms with van der Waals surface area (Å²) >= 11 is 3.22. The molecule has 1 atom stereocenters. The molecular formula is C12H14BrF4N. The summed E-state index contributed by atoms with van der Waals surface area (Å²) in [7, 11) is 1.61. The van der Waals surface area contributed by atoms with Crippen molar-refractivity contribution < 1.29 is 17.6 Å². The normalized spacial score (nSPS) is 13.7. The van der Waals surface area contributed by atoms with Gasteiger partial charge in [-0.2, -0.15) is 13.2 Å². The second-order valence-electron chi connectivity index (χ2n) is 3.98. The SMILES string of the molecule is CNC(CCCC(F)(F)F)c1c(F)cccc1Br. The summed E-state index contributed by atoms with van der Waals surface area (Å²) in [6.45, 7) is 0. The minimum atomic E-state index is -4.16. The number of hydrogen-bond donors (Lipinski definition) is 1. The standard InChI is InChI=1S/C12H14BrF4N/c1-18-10(6-3-7-12(15,16)17)11-8(13)4-2-5-9(11)14/h2,4-5,10,18H,3,6-7H2,1H3. The first-order valence-electron chi connectivity index (χ1n) is 5.53. The predicted octanol–water partition coefficient (Wildman–Crippen LogP) is 4.58. The molecule has 0 bridgehead atoms. The van der Waals surface area contributed by atoms with Crippen LogP contribution in [0, 0.1) is 5.82 Å². The van der Waals surface area contributed by atoms with E-state index in [1.54, 1.807) is 19.2 Å². The Balaban J connectivity index is 2.72. The molecule has 0 fully saturated rings. The molecule has 18 heavy (non-hydrogen) atoms. The molecule has 0 saturated heterocycles. The molecule has 0 radical (unpaired) electrons. The predicted molar refractivity (Wildman–Crippen MR) is 65.8 cm³/mol. The molecule has 0 aliphatic carbocycles. The molecule has 1 nitrogen and oxygen atoms in total. The molecule has 1 aromatic carbocycles. The van der Waals surface area contributed by atoms with E-state index in [1.165, 1.54) is 6.07 Å². The third-order valence-electron chi connectivity index (χ3n) is 2.65. The van der Waals surface area contributed by atoms with Gasteiger partial charge >= 0.3 is 6.18 Å². The fourth-order valence-electron chi connectivity index (χ4n) is 1.78. The van der Waals surface area contributed by atoms with Gasteiger partial charge in [0, 0.05) is 22.5 Å². The molecule has 1 N–H and O–H groups in total. The van der Waals surface area contributed by atoms with Crippen LogP contribution in [-0.2, 0) is 0 Å². The van der Waals surface area contributed by atoms with Gasteiger partial charge in [-0.25, -0.2) is 4.39 Å². The highest BCUT2D eigenvalue weighted by Gasteiger charge is 2.27. The Morgan fingerprint density at radius 1 is 1.33 bits per heavy atom. The number of alkyl halides is 3. The summed E-state index contributed by atoms with van der Waals surface area (Å²) in [4.78, 5) is 0. The maximum Gasteiger partial charge on any atom is 0.389 e. The van der Waals surface area contributed by atoms with Crippen LogP contribution in [0.15, 0.2) is 22.7 Å². The Bertz CT molecular complexity index is 372. The van der Waals surface area contributed by atoms with Gasteiger partial charge in [0.15, 0.2) is 0 Å². The average Bonchev–Trinajstić information content (AvgIpc) is 2.25. The van der Waals surface area contributed by atoms with Crippen LogP contribution in [0.4, 0.5) is 17.6 Å². The van der Waals surface area contributed by atoms with E-state index in [0.717, 1.165) is 0 Å². The molecule has 0 spiro atoms. The van der Waals surface area contributed by atoms with Crippen LogP contribution in [0.1, 0.15) is 30.9 Å². The van der Waals surface area contributed by atoms with Crippen molar-refractivity contribution in [2.45, 2.75) is 31.5 Å². The van der Waals surface area contributed by atoms with E-state index in [0.29, 0.717) is 10.0 Å². The first kappa shape index (κ1) is 15.4. The van der Waals surface area contributed by atoms with Crippen LogP contribution in [0.5, 0.6) is 0 Å². The topological polar surface area (TPSA) is 12.0 Å². The van der Waals surface area contributed by atoms with Gasteiger partial charge in [0.1, 0.15) is 5.82 Å². The fourth-order valence-corrected chi connectivity index (χ4v) is 2.40. The second kappa shape index (κ2) is 6.52. The Hall–Kier alpha value is -0.620. The first-order valence-corrected chi connectivity index (χ1v) is 6.32. The zero-order valence-electron chi connectivity index (χ0n) is 9.82. The Morgan fingerprint density at radius 2 is 2.00 bits per heavy atom. The maximum absolute atomic E-state index is 13.7. The summed E-state index contributed by atoms with van der Waals surface area (Å²) in [5.74, 6) is -0.421. The lowest BCUT2D eigenvalue weighted by Gasteiger charge is -2.19. The summed E-state index contributed by atoms with van der Waals surface area (Å²) in [6.07, 6.45) is -4.81. The fraction of sp³-hybridized carbons (Fsp3) is 0.500. The number of hydrogen-bond acceptors (Lipinski definition) is 1. The van der Waals surface area contributed by atoms with Crippen LogP contribution in [0.25, 0.3) is 0 Å². The average molecular weight is 328 g/mol. The van der Waals surface area contributed by atoms with Gasteiger partial charge in [0.25, 0.3) is 0 Å². The van der Waals surface area contributed by atoms with Crippen LogP contribution in [0.2, 0.25) is 0 Å². The second-order valence-corrected chi connectivity index (χ2v) is 4.84. The minimum absolute atomic E-state index is 0.0320. The quantitative estimate of drug-likeness (QED) is 0.780. The van der Waals surface area contributed by atoms with Gasteiger partial charge in [0.05, 0.1) is 0 Å². The number of benzene rings is 1. The Morgan fingerprint density at radius 3 is 2.50 bits per heavy atom. The van der Waals surface area contributed by atoms with Crippen LogP contribution >= 0.6 is 15.9 Å². The molecule has 6 heteroatoms. The van der Waals surface area contributed by atoms with Crippen molar-refractivity contribution in [1.29, 1.82) is 0 Å². The van der Waals surface area contributed by atoms with E-state index in [9.17, 15) is 17.6 Å². The number of halogens is 5. The largest absolute Gasteiger partial charge is 0.389 e. The van der Waals surface area contributed by atoms with E-state index in [4.69, 9.17) is 0 Å². The molecule has 0 aliphatic heterocycles.